The van der Waals surface area contributed by atoms with Crippen LogP contribution < -0.4 is 10.1 Å². The third kappa shape index (κ3) is 2.23. The Balaban J connectivity index is 2.16. The molecule has 3 nitrogen and oxygen atoms in total. The van der Waals surface area contributed by atoms with Crippen molar-refractivity contribution in [2.75, 3.05) is 32.7 Å². The molecule has 0 radical (unpaired) electrons. The van der Waals surface area contributed by atoms with Crippen LogP contribution >= 0.6 is 0 Å². The van der Waals surface area contributed by atoms with Gasteiger partial charge in [-0.3, -0.25) is 0 Å². The Morgan fingerprint density at radius 3 is 3.00 bits per heavy atom. The lowest BCUT2D eigenvalue weighted by molar-refractivity contribution is 0.155. The Labute approximate surface area is 90.4 Å². The van der Waals surface area contributed by atoms with Gasteiger partial charge in [0.15, 0.2) is 0 Å². The predicted octanol–water partition coefficient (Wildman–Crippen LogP) is 1.93. The van der Waals surface area contributed by atoms with Crippen molar-refractivity contribution >= 4 is 5.69 Å². The molecule has 0 amide bonds. The monoisotopic (exact) mass is 207 g/mol. The largest absolute Gasteiger partial charge is 0.497 e. The van der Waals surface area contributed by atoms with Crippen LogP contribution in [-0.4, -0.2) is 27.4 Å². The fourth-order valence-corrected chi connectivity index (χ4v) is 2.03. The van der Waals surface area contributed by atoms with Crippen LogP contribution in [0.1, 0.15) is 5.56 Å². The molecule has 0 spiro atoms. The topological polar surface area (TPSA) is 30.5 Å². The lowest BCUT2D eigenvalue weighted by Crippen LogP contribution is -2.26. The number of benzene rings is 1. The summed E-state index contributed by atoms with van der Waals surface area (Å²) in [5, 5.41) is 3.41. The molecule has 82 valence electrons. The molecule has 0 fully saturated rings. The van der Waals surface area contributed by atoms with Crippen molar-refractivity contribution in [1.29, 1.82) is 0 Å². The van der Waals surface area contributed by atoms with Gasteiger partial charge in [0.2, 0.25) is 0 Å². The van der Waals surface area contributed by atoms with E-state index in [1.807, 2.05) is 6.07 Å². The average molecular weight is 207 g/mol. The van der Waals surface area contributed by atoms with Gasteiger partial charge in [-0.15, -0.1) is 0 Å². The second-order valence-corrected chi connectivity index (χ2v) is 3.93. The van der Waals surface area contributed by atoms with Gasteiger partial charge in [-0.25, -0.2) is 0 Å². The Kier molecular flexibility index (Phi) is 3.11. The molecule has 0 saturated carbocycles. The number of rotatable bonds is 3. The standard InChI is InChI=1S/C12H17NO2/c1-14-8-9-5-10-6-11(15-2)3-4-12(10)13-7-9/h3-4,6,9,13H,5,7-8H2,1-2H3. The van der Waals surface area contributed by atoms with Gasteiger partial charge in [0.05, 0.1) is 13.7 Å². The molecule has 1 aliphatic rings. The second kappa shape index (κ2) is 4.53. The van der Waals surface area contributed by atoms with E-state index in [2.05, 4.69) is 17.4 Å². The Bertz CT molecular complexity index is 338. The molecule has 1 N–H and O–H groups in total. The van der Waals surface area contributed by atoms with E-state index >= 15 is 0 Å². The van der Waals surface area contributed by atoms with Gasteiger partial charge in [-0.1, -0.05) is 0 Å². The summed E-state index contributed by atoms with van der Waals surface area (Å²) in [5.74, 6) is 1.49. The zero-order valence-electron chi connectivity index (χ0n) is 9.25. The quantitative estimate of drug-likeness (QED) is 0.821. The van der Waals surface area contributed by atoms with Crippen LogP contribution in [0.25, 0.3) is 0 Å². The van der Waals surface area contributed by atoms with Gasteiger partial charge < -0.3 is 14.8 Å². The molecule has 1 heterocycles. The van der Waals surface area contributed by atoms with Gasteiger partial charge in [-0.2, -0.15) is 0 Å². The van der Waals surface area contributed by atoms with Crippen molar-refractivity contribution in [3.05, 3.63) is 23.8 Å². The molecular formula is C12H17NO2. The first-order chi connectivity index (χ1) is 7.33. The van der Waals surface area contributed by atoms with Crippen molar-refractivity contribution in [2.24, 2.45) is 5.92 Å². The minimum atomic E-state index is 0.564. The molecule has 0 saturated heterocycles. The lowest BCUT2D eigenvalue weighted by Gasteiger charge is -2.25. The van der Waals surface area contributed by atoms with Gasteiger partial charge in [0, 0.05) is 25.3 Å². The van der Waals surface area contributed by atoms with Crippen molar-refractivity contribution in [1.82, 2.24) is 0 Å². The Morgan fingerprint density at radius 2 is 2.27 bits per heavy atom. The van der Waals surface area contributed by atoms with E-state index in [9.17, 15) is 0 Å². The highest BCUT2D eigenvalue weighted by Gasteiger charge is 2.18. The summed E-state index contributed by atoms with van der Waals surface area (Å²) in [6.45, 7) is 1.80. The summed E-state index contributed by atoms with van der Waals surface area (Å²) in [5.41, 5.74) is 2.55. The minimum Gasteiger partial charge on any atom is -0.497 e. The third-order valence-corrected chi connectivity index (χ3v) is 2.80. The van der Waals surface area contributed by atoms with Crippen molar-refractivity contribution in [3.8, 4) is 5.75 Å². The molecule has 1 atom stereocenters. The van der Waals surface area contributed by atoms with E-state index in [0.29, 0.717) is 5.92 Å². The maximum Gasteiger partial charge on any atom is 0.119 e. The van der Waals surface area contributed by atoms with Gasteiger partial charge in [-0.05, 0) is 30.2 Å². The zero-order chi connectivity index (χ0) is 10.7. The maximum absolute atomic E-state index is 5.22. The number of hydrogen-bond donors (Lipinski definition) is 1. The van der Waals surface area contributed by atoms with E-state index in [4.69, 9.17) is 9.47 Å². The highest BCUT2D eigenvalue weighted by atomic mass is 16.5. The van der Waals surface area contributed by atoms with Crippen LogP contribution in [0.5, 0.6) is 5.75 Å². The van der Waals surface area contributed by atoms with Crippen molar-refractivity contribution in [2.45, 2.75) is 6.42 Å². The van der Waals surface area contributed by atoms with E-state index in [0.717, 1.165) is 25.3 Å². The number of methoxy groups -OCH3 is 2. The van der Waals surface area contributed by atoms with E-state index in [1.54, 1.807) is 14.2 Å². The van der Waals surface area contributed by atoms with E-state index < -0.39 is 0 Å². The summed E-state index contributed by atoms with van der Waals surface area (Å²) in [6, 6.07) is 6.17. The molecule has 0 bridgehead atoms. The zero-order valence-corrected chi connectivity index (χ0v) is 9.25. The molecule has 15 heavy (non-hydrogen) atoms. The first-order valence-corrected chi connectivity index (χ1v) is 5.23. The van der Waals surface area contributed by atoms with Crippen LogP contribution in [0, 0.1) is 5.92 Å². The number of nitrogens with one attached hydrogen (secondary N) is 1. The normalized spacial score (nSPS) is 19.2. The van der Waals surface area contributed by atoms with Crippen molar-refractivity contribution < 1.29 is 9.47 Å². The van der Waals surface area contributed by atoms with Crippen molar-refractivity contribution in [3.63, 3.8) is 0 Å². The molecule has 3 heteroatoms. The fraction of sp³-hybridized carbons (Fsp3) is 0.500. The number of anilines is 1. The molecule has 0 aliphatic carbocycles. The van der Waals surface area contributed by atoms with Crippen LogP contribution in [0.3, 0.4) is 0 Å². The van der Waals surface area contributed by atoms with Crippen LogP contribution in [0.2, 0.25) is 0 Å². The van der Waals surface area contributed by atoms with E-state index in [1.165, 1.54) is 11.3 Å². The molecule has 1 aromatic rings. The number of hydrogen-bond acceptors (Lipinski definition) is 3. The minimum absolute atomic E-state index is 0.564. The second-order valence-electron chi connectivity index (χ2n) is 3.93. The first-order valence-electron chi connectivity index (χ1n) is 5.23. The summed E-state index contributed by atoms with van der Waals surface area (Å²) in [6.07, 6.45) is 1.06. The lowest BCUT2D eigenvalue weighted by atomic mass is 9.94. The maximum atomic E-state index is 5.22. The molecule has 0 aromatic heterocycles. The smallest absolute Gasteiger partial charge is 0.119 e. The SMILES string of the molecule is COCC1CNc2ccc(OC)cc2C1. The van der Waals surface area contributed by atoms with E-state index in [-0.39, 0.29) is 0 Å². The molecule has 1 aliphatic heterocycles. The van der Waals surface area contributed by atoms with Gasteiger partial charge in [0.25, 0.3) is 0 Å². The molecule has 1 aromatic carbocycles. The van der Waals surface area contributed by atoms with Gasteiger partial charge in [0.1, 0.15) is 5.75 Å². The number of ether oxygens (including phenoxy) is 2. The summed E-state index contributed by atoms with van der Waals surface area (Å²) >= 11 is 0. The Hall–Kier alpha value is -1.22. The van der Waals surface area contributed by atoms with Crippen LogP contribution in [0.15, 0.2) is 18.2 Å². The fourth-order valence-electron chi connectivity index (χ4n) is 2.03. The predicted molar refractivity (Wildman–Crippen MR) is 60.6 cm³/mol. The average Bonchev–Trinajstić information content (AvgIpc) is 2.28. The summed E-state index contributed by atoms with van der Waals surface area (Å²) in [7, 11) is 3.45. The Morgan fingerprint density at radius 1 is 1.40 bits per heavy atom. The third-order valence-electron chi connectivity index (χ3n) is 2.80. The number of fused-ring (bicyclic) bond motifs is 1. The van der Waals surface area contributed by atoms with Crippen LogP contribution in [0.4, 0.5) is 5.69 Å². The highest BCUT2D eigenvalue weighted by Crippen LogP contribution is 2.28. The summed E-state index contributed by atoms with van der Waals surface area (Å²) < 4.78 is 10.4. The molecule has 2 rings (SSSR count). The molecule has 1 unspecified atom stereocenters. The molecular weight excluding hydrogens is 190 g/mol. The first kappa shape index (κ1) is 10.3. The van der Waals surface area contributed by atoms with Gasteiger partial charge >= 0.3 is 0 Å². The highest BCUT2D eigenvalue weighted by molar-refractivity contribution is 5.56. The summed E-state index contributed by atoms with van der Waals surface area (Å²) in [4.78, 5) is 0. The van der Waals surface area contributed by atoms with Crippen LogP contribution in [-0.2, 0) is 11.2 Å².